The molecule has 0 amide bonds. The summed E-state index contributed by atoms with van der Waals surface area (Å²) in [6.45, 7) is 6.44. The van der Waals surface area contributed by atoms with Crippen molar-refractivity contribution < 1.29 is 4.79 Å². The van der Waals surface area contributed by atoms with Gasteiger partial charge in [-0.15, -0.1) is 0 Å². The lowest BCUT2D eigenvalue weighted by molar-refractivity contribution is -0.112. The normalized spacial score (nSPS) is 28.4. The average Bonchev–Trinajstić information content (AvgIpc) is 2.15. The molecule has 80 valence electrons. The maximum Gasteiger partial charge on any atom is 0.136 e. The smallest absolute Gasteiger partial charge is 0.136 e. The van der Waals surface area contributed by atoms with Crippen molar-refractivity contribution >= 4 is 6.29 Å². The molecule has 1 aliphatic carbocycles. The lowest BCUT2D eigenvalue weighted by Crippen LogP contribution is -2.54. The van der Waals surface area contributed by atoms with E-state index in [1.165, 1.54) is 19.3 Å². The highest BCUT2D eigenvalue weighted by Gasteiger charge is 2.28. The fraction of sp³-hybridized carbons (Fsp3) is 0.909. The van der Waals surface area contributed by atoms with E-state index >= 15 is 0 Å². The van der Waals surface area contributed by atoms with E-state index in [0.29, 0.717) is 0 Å². The molecule has 1 atom stereocenters. The molecule has 14 heavy (non-hydrogen) atoms. The van der Waals surface area contributed by atoms with Crippen molar-refractivity contribution in [2.45, 2.75) is 38.3 Å². The Morgan fingerprint density at radius 2 is 1.86 bits per heavy atom. The number of rotatable bonds is 3. The number of carbonyl (C=O) groups excluding carboxylic acids is 1. The van der Waals surface area contributed by atoms with Crippen molar-refractivity contribution in [3.8, 4) is 0 Å². The predicted octanol–water partition coefficient (Wildman–Crippen LogP) is 0.744. The highest BCUT2D eigenvalue weighted by Crippen LogP contribution is 2.25. The summed E-state index contributed by atoms with van der Waals surface area (Å²) in [6, 6.07) is 0.974. The topological polar surface area (TPSA) is 23.6 Å². The molecule has 0 aromatic heterocycles. The molecule has 0 bridgehead atoms. The fourth-order valence-corrected chi connectivity index (χ4v) is 2.35. The third-order valence-electron chi connectivity index (χ3n) is 3.71. The first-order chi connectivity index (χ1) is 6.81. The van der Waals surface area contributed by atoms with Crippen LogP contribution in [-0.4, -0.2) is 54.3 Å². The van der Waals surface area contributed by atoms with Crippen LogP contribution >= 0.6 is 0 Å². The van der Waals surface area contributed by atoms with Crippen LogP contribution in [0, 0.1) is 0 Å². The van der Waals surface area contributed by atoms with Gasteiger partial charge in [0.2, 0.25) is 0 Å². The number of hydrogen-bond donors (Lipinski definition) is 0. The first-order valence-corrected chi connectivity index (χ1v) is 5.74. The molecule has 1 heterocycles. The second-order valence-corrected chi connectivity index (χ2v) is 4.53. The van der Waals surface area contributed by atoms with Crippen LogP contribution in [0.3, 0.4) is 0 Å². The minimum Gasteiger partial charge on any atom is -0.302 e. The predicted molar refractivity (Wildman–Crippen MR) is 56.3 cm³/mol. The molecule has 1 unspecified atom stereocenters. The van der Waals surface area contributed by atoms with Crippen LogP contribution in [0.15, 0.2) is 0 Å². The molecule has 0 aromatic rings. The van der Waals surface area contributed by atoms with E-state index in [0.717, 1.165) is 38.5 Å². The van der Waals surface area contributed by atoms with Gasteiger partial charge in [-0.1, -0.05) is 6.42 Å². The average molecular weight is 196 g/mol. The van der Waals surface area contributed by atoms with Crippen molar-refractivity contribution in [2.24, 2.45) is 0 Å². The summed E-state index contributed by atoms with van der Waals surface area (Å²) in [6.07, 6.45) is 5.25. The minimum atomic E-state index is 0.110. The number of nitrogens with zero attached hydrogens (tertiary/aromatic N) is 2. The lowest BCUT2D eigenvalue weighted by atomic mass is 9.91. The van der Waals surface area contributed by atoms with Gasteiger partial charge in [0.05, 0.1) is 6.04 Å². The number of carbonyl (C=O) groups is 1. The summed E-state index contributed by atoms with van der Waals surface area (Å²) in [4.78, 5) is 15.5. The number of piperazine rings is 1. The number of aldehydes is 1. The van der Waals surface area contributed by atoms with E-state index in [1.807, 2.05) is 6.92 Å². The largest absolute Gasteiger partial charge is 0.302 e. The van der Waals surface area contributed by atoms with Crippen LogP contribution < -0.4 is 0 Å². The monoisotopic (exact) mass is 196 g/mol. The van der Waals surface area contributed by atoms with Gasteiger partial charge in [0.25, 0.3) is 0 Å². The summed E-state index contributed by atoms with van der Waals surface area (Å²) < 4.78 is 0. The quantitative estimate of drug-likeness (QED) is 0.622. The Labute approximate surface area is 86.1 Å². The van der Waals surface area contributed by atoms with Crippen LogP contribution in [0.25, 0.3) is 0 Å². The van der Waals surface area contributed by atoms with Crippen molar-refractivity contribution in [3.63, 3.8) is 0 Å². The van der Waals surface area contributed by atoms with Gasteiger partial charge in [-0.05, 0) is 19.8 Å². The maximum atomic E-state index is 10.6. The summed E-state index contributed by atoms with van der Waals surface area (Å²) in [5, 5.41) is 0. The second-order valence-electron chi connectivity index (χ2n) is 4.53. The SMILES string of the molecule is CC(C=O)N1CCN(C2CCC2)CC1. The van der Waals surface area contributed by atoms with Gasteiger partial charge in [0, 0.05) is 32.2 Å². The Balaban J connectivity index is 1.76. The third-order valence-corrected chi connectivity index (χ3v) is 3.71. The lowest BCUT2D eigenvalue weighted by Gasteiger charge is -2.43. The van der Waals surface area contributed by atoms with Crippen LogP contribution in [-0.2, 0) is 4.79 Å². The van der Waals surface area contributed by atoms with Crippen LogP contribution in [0.4, 0.5) is 0 Å². The zero-order chi connectivity index (χ0) is 9.97. The van der Waals surface area contributed by atoms with E-state index < -0.39 is 0 Å². The molecule has 0 radical (unpaired) electrons. The van der Waals surface area contributed by atoms with Crippen LogP contribution in [0.1, 0.15) is 26.2 Å². The van der Waals surface area contributed by atoms with Crippen molar-refractivity contribution in [1.82, 2.24) is 9.80 Å². The minimum absolute atomic E-state index is 0.110. The molecule has 2 fully saturated rings. The van der Waals surface area contributed by atoms with Gasteiger partial charge in [-0.2, -0.15) is 0 Å². The Bertz CT molecular complexity index is 195. The summed E-state index contributed by atoms with van der Waals surface area (Å²) >= 11 is 0. The Kier molecular flexibility index (Phi) is 3.19. The van der Waals surface area contributed by atoms with Crippen molar-refractivity contribution in [3.05, 3.63) is 0 Å². The fourth-order valence-electron chi connectivity index (χ4n) is 2.35. The molecule has 1 saturated heterocycles. The Hall–Kier alpha value is -0.410. The van der Waals surface area contributed by atoms with E-state index in [9.17, 15) is 4.79 Å². The summed E-state index contributed by atoms with van der Waals surface area (Å²) in [5.41, 5.74) is 0. The van der Waals surface area contributed by atoms with E-state index in [-0.39, 0.29) is 6.04 Å². The molecule has 0 N–H and O–H groups in total. The maximum absolute atomic E-state index is 10.6. The van der Waals surface area contributed by atoms with Gasteiger partial charge in [-0.3, -0.25) is 9.80 Å². The zero-order valence-electron chi connectivity index (χ0n) is 8.98. The third kappa shape index (κ3) is 1.98. The van der Waals surface area contributed by atoms with E-state index in [2.05, 4.69) is 9.80 Å². The molecule has 2 aliphatic rings. The highest BCUT2D eigenvalue weighted by atomic mass is 16.1. The molecular weight excluding hydrogens is 176 g/mol. The summed E-state index contributed by atoms with van der Waals surface area (Å²) in [7, 11) is 0. The van der Waals surface area contributed by atoms with Gasteiger partial charge >= 0.3 is 0 Å². The molecular formula is C11H20N2O. The van der Waals surface area contributed by atoms with Gasteiger partial charge in [-0.25, -0.2) is 0 Å². The summed E-state index contributed by atoms with van der Waals surface area (Å²) in [5.74, 6) is 0. The first kappa shape index (κ1) is 10.1. The highest BCUT2D eigenvalue weighted by molar-refractivity contribution is 5.56. The van der Waals surface area contributed by atoms with Gasteiger partial charge in [0.15, 0.2) is 0 Å². The van der Waals surface area contributed by atoms with Gasteiger partial charge < -0.3 is 4.79 Å². The zero-order valence-corrected chi connectivity index (χ0v) is 8.98. The van der Waals surface area contributed by atoms with Crippen molar-refractivity contribution in [1.29, 1.82) is 0 Å². The molecule has 1 saturated carbocycles. The molecule has 0 aromatic carbocycles. The van der Waals surface area contributed by atoms with Gasteiger partial charge in [0.1, 0.15) is 6.29 Å². The van der Waals surface area contributed by atoms with Crippen molar-refractivity contribution in [2.75, 3.05) is 26.2 Å². The number of hydrogen-bond acceptors (Lipinski definition) is 3. The molecule has 2 rings (SSSR count). The molecule has 1 aliphatic heterocycles. The standard InChI is InChI=1S/C11H20N2O/c1-10(9-14)12-5-7-13(8-6-12)11-3-2-4-11/h9-11H,2-8H2,1H3. The Morgan fingerprint density at radius 1 is 1.21 bits per heavy atom. The molecule has 3 heteroatoms. The second kappa shape index (κ2) is 4.41. The van der Waals surface area contributed by atoms with E-state index in [1.54, 1.807) is 0 Å². The van der Waals surface area contributed by atoms with Crippen LogP contribution in [0.5, 0.6) is 0 Å². The Morgan fingerprint density at radius 3 is 2.29 bits per heavy atom. The first-order valence-electron chi connectivity index (χ1n) is 5.74. The van der Waals surface area contributed by atoms with Crippen LogP contribution in [0.2, 0.25) is 0 Å². The molecule has 0 spiro atoms. The van der Waals surface area contributed by atoms with E-state index in [4.69, 9.17) is 0 Å². The molecule has 3 nitrogen and oxygen atoms in total.